The summed E-state index contributed by atoms with van der Waals surface area (Å²) in [6, 6.07) is 4.98. The fourth-order valence-electron chi connectivity index (χ4n) is 3.54. The summed E-state index contributed by atoms with van der Waals surface area (Å²) >= 11 is 0. The van der Waals surface area contributed by atoms with Crippen LogP contribution in [0.3, 0.4) is 0 Å². The largest absolute Gasteiger partial charge is 0.351 e. The number of halogens is 2. The van der Waals surface area contributed by atoms with Crippen LogP contribution < -0.4 is 5.69 Å². The van der Waals surface area contributed by atoms with E-state index in [9.17, 15) is 13.6 Å². The summed E-state index contributed by atoms with van der Waals surface area (Å²) in [4.78, 5) is 12.8. The molecule has 4 rings (SSSR count). The monoisotopic (exact) mass is 340 g/mol. The summed E-state index contributed by atoms with van der Waals surface area (Å²) < 4.78 is 29.9. The third kappa shape index (κ3) is 2.61. The van der Waals surface area contributed by atoms with E-state index in [1.165, 1.54) is 21.4 Å². The molecule has 0 saturated heterocycles. The number of nitrogens with zero attached hydrogens (tertiary/aromatic N) is 4. The molecule has 0 amide bonds. The highest BCUT2D eigenvalue weighted by Crippen LogP contribution is 2.31. The van der Waals surface area contributed by atoms with Crippen LogP contribution in [0.5, 0.6) is 0 Å². The maximum Gasteiger partial charge on any atom is 0.351 e. The molecule has 1 aromatic heterocycles. The van der Waals surface area contributed by atoms with Gasteiger partial charge in [0.1, 0.15) is 17.5 Å². The van der Waals surface area contributed by atoms with Gasteiger partial charge in [0.05, 0.1) is 24.2 Å². The van der Waals surface area contributed by atoms with Crippen molar-refractivity contribution < 1.29 is 8.78 Å². The number of rotatable bonds is 3. The Labute approximate surface area is 142 Å². The molecule has 0 bridgehead atoms. The van der Waals surface area contributed by atoms with Crippen LogP contribution in [0.1, 0.15) is 43.1 Å². The van der Waals surface area contributed by atoms with E-state index in [-0.39, 0.29) is 12.1 Å². The van der Waals surface area contributed by atoms with Crippen molar-refractivity contribution in [3.05, 3.63) is 63.0 Å². The van der Waals surface area contributed by atoms with Gasteiger partial charge in [0.2, 0.25) is 0 Å². The van der Waals surface area contributed by atoms with Gasteiger partial charge in [0.25, 0.3) is 0 Å². The van der Waals surface area contributed by atoms with Gasteiger partial charge in [-0.05, 0) is 36.1 Å². The molecular weight excluding hydrogens is 326 g/mol. The summed E-state index contributed by atoms with van der Waals surface area (Å²) in [5.41, 5.74) is 4.69. The molecule has 1 aliphatic heterocycles. The Balaban J connectivity index is 1.77. The highest BCUT2D eigenvalue weighted by Gasteiger charge is 2.30. The summed E-state index contributed by atoms with van der Waals surface area (Å²) in [5.74, 6) is -0.722. The first-order chi connectivity index (χ1) is 12.1. The van der Waals surface area contributed by atoms with Crippen LogP contribution in [0.25, 0.3) is 5.70 Å². The third-order valence-electron chi connectivity index (χ3n) is 4.64. The molecule has 2 aromatic rings. The fourth-order valence-corrected chi connectivity index (χ4v) is 3.54. The van der Waals surface area contributed by atoms with Crippen molar-refractivity contribution >= 4 is 5.70 Å². The van der Waals surface area contributed by atoms with Crippen molar-refractivity contribution in [3.8, 4) is 6.07 Å². The Morgan fingerprint density at radius 2 is 2.00 bits per heavy atom. The average Bonchev–Trinajstić information content (AvgIpc) is 3.23. The van der Waals surface area contributed by atoms with E-state index in [0.717, 1.165) is 11.6 Å². The topological polar surface area (TPSA) is 63.6 Å². The van der Waals surface area contributed by atoms with Crippen LogP contribution in [-0.2, 0) is 6.42 Å². The van der Waals surface area contributed by atoms with Gasteiger partial charge in [0, 0.05) is 18.9 Å². The minimum atomic E-state index is -0.661. The van der Waals surface area contributed by atoms with Crippen molar-refractivity contribution in [2.24, 2.45) is 0 Å². The van der Waals surface area contributed by atoms with E-state index in [4.69, 9.17) is 5.26 Å². The van der Waals surface area contributed by atoms with Crippen molar-refractivity contribution in [2.45, 2.75) is 38.1 Å². The molecule has 2 heterocycles. The van der Waals surface area contributed by atoms with Gasteiger partial charge in [-0.1, -0.05) is 5.73 Å². The number of allylic oxidation sites excluding steroid dienone is 1. The second-order valence-corrected chi connectivity index (χ2v) is 6.25. The molecule has 5 nitrogen and oxygen atoms in total. The quantitative estimate of drug-likeness (QED) is 0.807. The van der Waals surface area contributed by atoms with Crippen LogP contribution in [0.2, 0.25) is 0 Å². The molecule has 7 heteroatoms. The lowest BCUT2D eigenvalue weighted by atomic mass is 10.0. The van der Waals surface area contributed by atoms with Crippen molar-refractivity contribution in [1.82, 2.24) is 14.3 Å². The number of benzene rings is 1. The number of aromatic nitrogens is 3. The summed E-state index contributed by atoms with van der Waals surface area (Å²) in [6.45, 7) is 0. The molecule has 0 saturated carbocycles. The van der Waals surface area contributed by atoms with Crippen LogP contribution in [-0.4, -0.2) is 14.3 Å². The molecule has 2 aliphatic rings. The zero-order valence-corrected chi connectivity index (χ0v) is 13.3. The SMILES string of the molecule is N#CCC1=C=C(n2nc3n(c2=O)[C@H](c2cc(F)cc(F)c2)CC3)CC1. The van der Waals surface area contributed by atoms with E-state index in [2.05, 4.69) is 16.9 Å². The first kappa shape index (κ1) is 15.6. The summed E-state index contributed by atoms with van der Waals surface area (Å²) in [5, 5.41) is 13.1. The molecule has 1 atom stereocenters. The van der Waals surface area contributed by atoms with E-state index >= 15 is 0 Å². The van der Waals surface area contributed by atoms with Crippen LogP contribution in [0, 0.1) is 23.0 Å². The molecule has 126 valence electrons. The summed E-state index contributed by atoms with van der Waals surface area (Å²) in [6.07, 6.45) is 2.72. The smallest absolute Gasteiger partial charge is 0.271 e. The first-order valence-corrected chi connectivity index (χ1v) is 8.08. The molecule has 0 fully saturated rings. The Morgan fingerprint density at radius 1 is 1.24 bits per heavy atom. The normalized spacial score (nSPS) is 18.7. The van der Waals surface area contributed by atoms with E-state index < -0.39 is 17.7 Å². The minimum absolute atomic E-state index is 0.289. The van der Waals surface area contributed by atoms with E-state index in [1.807, 2.05) is 0 Å². The van der Waals surface area contributed by atoms with Gasteiger partial charge < -0.3 is 0 Å². The van der Waals surface area contributed by atoms with Gasteiger partial charge in [0.15, 0.2) is 0 Å². The van der Waals surface area contributed by atoms with E-state index in [1.54, 1.807) is 0 Å². The maximum atomic E-state index is 13.5. The second-order valence-electron chi connectivity index (χ2n) is 6.25. The lowest BCUT2D eigenvalue weighted by Crippen LogP contribution is -2.26. The Hall–Kier alpha value is -2.97. The maximum absolute atomic E-state index is 13.5. The molecular formula is C18H14F2N4O. The first-order valence-electron chi connectivity index (χ1n) is 8.08. The summed E-state index contributed by atoms with van der Waals surface area (Å²) in [7, 11) is 0. The zero-order chi connectivity index (χ0) is 17.6. The number of nitriles is 1. The molecule has 1 aromatic carbocycles. The molecule has 0 N–H and O–H groups in total. The third-order valence-corrected chi connectivity index (χ3v) is 4.64. The molecule has 25 heavy (non-hydrogen) atoms. The van der Waals surface area contributed by atoms with Gasteiger partial charge in [-0.25, -0.2) is 13.6 Å². The number of fused-ring (bicyclic) bond motifs is 1. The van der Waals surface area contributed by atoms with Gasteiger partial charge >= 0.3 is 5.69 Å². The number of aryl methyl sites for hydroxylation is 1. The number of hydrogen-bond donors (Lipinski definition) is 0. The van der Waals surface area contributed by atoms with Gasteiger partial charge in [-0.15, -0.1) is 5.10 Å². The lowest BCUT2D eigenvalue weighted by Gasteiger charge is -2.12. The molecule has 0 spiro atoms. The zero-order valence-electron chi connectivity index (χ0n) is 13.3. The number of hydrogen-bond acceptors (Lipinski definition) is 3. The lowest BCUT2D eigenvalue weighted by molar-refractivity contribution is 0.550. The molecule has 0 radical (unpaired) electrons. The molecule has 0 unspecified atom stereocenters. The average molecular weight is 340 g/mol. The van der Waals surface area contributed by atoms with Gasteiger partial charge in [-0.3, -0.25) is 4.57 Å². The van der Waals surface area contributed by atoms with Gasteiger partial charge in [-0.2, -0.15) is 9.94 Å². The predicted molar refractivity (Wildman–Crippen MR) is 85.5 cm³/mol. The van der Waals surface area contributed by atoms with Crippen molar-refractivity contribution in [1.29, 1.82) is 5.26 Å². The fraction of sp³-hybridized carbons (Fsp3) is 0.333. The highest BCUT2D eigenvalue weighted by molar-refractivity contribution is 5.49. The Kier molecular flexibility index (Phi) is 3.63. The van der Waals surface area contributed by atoms with Crippen LogP contribution in [0.15, 0.2) is 34.3 Å². The van der Waals surface area contributed by atoms with Crippen LogP contribution in [0.4, 0.5) is 8.78 Å². The van der Waals surface area contributed by atoms with Crippen molar-refractivity contribution in [2.75, 3.05) is 0 Å². The van der Waals surface area contributed by atoms with E-state index in [0.29, 0.717) is 42.8 Å². The Bertz CT molecular complexity index is 1010. The van der Waals surface area contributed by atoms with Crippen molar-refractivity contribution in [3.63, 3.8) is 0 Å². The second kappa shape index (κ2) is 5.83. The standard InChI is InChI=1S/C18H14F2N4O/c19-13-8-12(9-14(20)10-13)16-3-4-17-22-24(18(25)23(16)17)15-2-1-11(7-15)5-6-21/h8-10,16H,1-5H2/t16-/m0/s1. The highest BCUT2D eigenvalue weighted by atomic mass is 19.1. The molecule has 1 aliphatic carbocycles. The Morgan fingerprint density at radius 3 is 2.72 bits per heavy atom. The minimum Gasteiger partial charge on any atom is -0.271 e. The predicted octanol–water partition coefficient (Wildman–Crippen LogP) is 2.93. The van der Waals surface area contributed by atoms with Crippen LogP contribution >= 0.6 is 0 Å².